The second-order valence-electron chi connectivity index (χ2n) is 2.15. The van der Waals surface area contributed by atoms with E-state index >= 15 is 0 Å². The lowest BCUT2D eigenvalue weighted by atomic mass is 10.5. The second-order valence-corrected chi connectivity index (χ2v) is 4.20. The van der Waals surface area contributed by atoms with Crippen LogP contribution >= 0.6 is 23.5 Å². The summed E-state index contributed by atoms with van der Waals surface area (Å²) in [6.45, 7) is 3.80. The molecular weight excluding hydrogens is 192 g/mol. The van der Waals surface area contributed by atoms with Crippen LogP contribution in [0.1, 0.15) is 0 Å². The van der Waals surface area contributed by atoms with Crippen molar-refractivity contribution in [3.63, 3.8) is 0 Å². The number of carbonyl (C=O) groups excluding carboxylic acids is 1. The van der Waals surface area contributed by atoms with Gasteiger partial charge in [-0.3, -0.25) is 0 Å². The third kappa shape index (κ3) is 5.55. The predicted octanol–water partition coefficient (Wildman–Crippen LogP) is 1.81. The summed E-state index contributed by atoms with van der Waals surface area (Å²) in [6, 6.07) is 0. The molecule has 0 spiro atoms. The van der Waals surface area contributed by atoms with Crippen molar-refractivity contribution in [3.05, 3.63) is 12.7 Å². The van der Waals surface area contributed by atoms with Crippen LogP contribution in [-0.4, -0.2) is 36.1 Å². The minimum atomic E-state index is -0.338. The third-order valence-corrected chi connectivity index (χ3v) is 3.18. The van der Waals surface area contributed by atoms with Crippen LogP contribution in [0.15, 0.2) is 12.7 Å². The van der Waals surface area contributed by atoms with Gasteiger partial charge in [0.2, 0.25) is 0 Å². The Bertz CT molecular complexity index is 148. The minimum Gasteiger partial charge on any atom is -0.461 e. The van der Waals surface area contributed by atoms with E-state index in [9.17, 15) is 4.79 Å². The van der Waals surface area contributed by atoms with Gasteiger partial charge in [-0.15, -0.1) is 0 Å². The first-order valence-electron chi connectivity index (χ1n) is 3.55. The summed E-state index contributed by atoms with van der Waals surface area (Å²) < 4.78 is 4.91. The molecule has 0 bridgehead atoms. The highest BCUT2D eigenvalue weighted by molar-refractivity contribution is 8.02. The lowest BCUT2D eigenvalue weighted by Crippen LogP contribution is -2.16. The molecule has 12 heavy (non-hydrogen) atoms. The largest absolute Gasteiger partial charge is 0.461 e. The van der Waals surface area contributed by atoms with Gasteiger partial charge in [-0.1, -0.05) is 6.58 Å². The van der Waals surface area contributed by atoms with Crippen molar-refractivity contribution >= 4 is 29.5 Å². The molecule has 0 aliphatic rings. The number of carbonyl (C=O) groups is 1. The molecule has 0 aliphatic carbocycles. The lowest BCUT2D eigenvalue weighted by molar-refractivity contribution is -0.137. The number of hydrogen-bond donors (Lipinski definition) is 0. The average molecular weight is 206 g/mol. The van der Waals surface area contributed by atoms with E-state index in [0.29, 0.717) is 11.9 Å². The topological polar surface area (TPSA) is 26.3 Å². The van der Waals surface area contributed by atoms with Crippen LogP contribution in [0.3, 0.4) is 0 Å². The molecule has 4 heteroatoms. The Morgan fingerprint density at radius 2 is 2.33 bits per heavy atom. The second kappa shape index (κ2) is 7.55. The first-order valence-corrected chi connectivity index (χ1v) is 6.23. The number of esters is 1. The Morgan fingerprint density at radius 1 is 1.67 bits per heavy atom. The summed E-state index contributed by atoms with van der Waals surface area (Å²) in [5.41, 5.74) is 0. The van der Waals surface area contributed by atoms with Crippen LogP contribution < -0.4 is 0 Å². The SMILES string of the molecule is C=CC(=O)OCC(CSC)SC. The Hall–Kier alpha value is -0.0900. The van der Waals surface area contributed by atoms with Crippen molar-refractivity contribution in [2.45, 2.75) is 5.25 Å². The van der Waals surface area contributed by atoms with Crippen LogP contribution in [0, 0.1) is 0 Å². The molecule has 0 N–H and O–H groups in total. The Labute approximate surface area is 82.1 Å². The van der Waals surface area contributed by atoms with Gasteiger partial charge >= 0.3 is 5.97 Å². The highest BCUT2D eigenvalue weighted by Gasteiger charge is 2.07. The molecule has 0 fully saturated rings. The van der Waals surface area contributed by atoms with Crippen molar-refractivity contribution in [2.24, 2.45) is 0 Å². The van der Waals surface area contributed by atoms with Crippen LogP contribution in [0.2, 0.25) is 0 Å². The van der Waals surface area contributed by atoms with E-state index in [1.807, 2.05) is 12.5 Å². The highest BCUT2D eigenvalue weighted by atomic mass is 32.2. The maximum Gasteiger partial charge on any atom is 0.330 e. The Balaban J connectivity index is 3.56. The fourth-order valence-corrected chi connectivity index (χ4v) is 2.23. The molecule has 0 aromatic rings. The maximum absolute atomic E-state index is 10.7. The normalized spacial score (nSPS) is 12.2. The maximum atomic E-state index is 10.7. The summed E-state index contributed by atoms with van der Waals surface area (Å²) in [5.74, 6) is 0.668. The number of hydrogen-bond acceptors (Lipinski definition) is 4. The van der Waals surface area contributed by atoms with Crippen LogP contribution in [0.5, 0.6) is 0 Å². The molecule has 0 heterocycles. The van der Waals surface area contributed by atoms with Gasteiger partial charge in [-0.05, 0) is 12.5 Å². The fraction of sp³-hybridized carbons (Fsp3) is 0.625. The highest BCUT2D eigenvalue weighted by Crippen LogP contribution is 2.12. The zero-order valence-corrected chi connectivity index (χ0v) is 9.04. The molecule has 2 nitrogen and oxygen atoms in total. The van der Waals surface area contributed by atoms with Crippen molar-refractivity contribution in [1.29, 1.82) is 0 Å². The van der Waals surface area contributed by atoms with Crippen molar-refractivity contribution < 1.29 is 9.53 Å². The van der Waals surface area contributed by atoms with Gasteiger partial charge in [0.25, 0.3) is 0 Å². The smallest absolute Gasteiger partial charge is 0.330 e. The summed E-state index contributed by atoms with van der Waals surface area (Å²) in [4.78, 5) is 10.7. The van der Waals surface area contributed by atoms with E-state index in [1.54, 1.807) is 23.5 Å². The lowest BCUT2D eigenvalue weighted by Gasteiger charge is -2.11. The van der Waals surface area contributed by atoms with Gasteiger partial charge in [-0.2, -0.15) is 23.5 Å². The van der Waals surface area contributed by atoms with E-state index in [2.05, 4.69) is 6.58 Å². The van der Waals surface area contributed by atoms with Crippen LogP contribution in [-0.2, 0) is 9.53 Å². The average Bonchev–Trinajstić information content (AvgIpc) is 2.11. The monoisotopic (exact) mass is 206 g/mol. The van der Waals surface area contributed by atoms with Gasteiger partial charge in [0, 0.05) is 17.1 Å². The molecule has 1 unspecified atom stereocenters. The predicted molar refractivity (Wildman–Crippen MR) is 56.8 cm³/mol. The Kier molecular flexibility index (Phi) is 7.50. The molecule has 0 rings (SSSR count). The summed E-state index contributed by atoms with van der Waals surface area (Å²) in [6.07, 6.45) is 5.25. The van der Waals surface area contributed by atoms with Crippen LogP contribution in [0.4, 0.5) is 0 Å². The van der Waals surface area contributed by atoms with E-state index in [1.165, 1.54) is 6.08 Å². The molecule has 1 atom stereocenters. The van der Waals surface area contributed by atoms with E-state index in [-0.39, 0.29) is 5.97 Å². The molecule has 0 saturated carbocycles. The number of thioether (sulfide) groups is 2. The number of rotatable bonds is 6. The molecule has 0 aromatic heterocycles. The zero-order valence-electron chi connectivity index (χ0n) is 7.41. The zero-order chi connectivity index (χ0) is 9.40. The summed E-state index contributed by atoms with van der Waals surface area (Å²) in [5, 5.41) is 0.392. The molecule has 0 aromatic carbocycles. The van der Waals surface area contributed by atoms with Crippen molar-refractivity contribution in [2.75, 3.05) is 24.9 Å². The van der Waals surface area contributed by atoms with Gasteiger partial charge in [0.15, 0.2) is 0 Å². The molecule has 0 aliphatic heterocycles. The van der Waals surface area contributed by atoms with Crippen molar-refractivity contribution in [3.8, 4) is 0 Å². The number of ether oxygens (including phenoxy) is 1. The molecule has 0 saturated heterocycles. The standard InChI is InChI=1S/C8H14O2S2/c1-4-8(9)10-5-7(12-3)6-11-2/h4,7H,1,5-6H2,2-3H3. The van der Waals surface area contributed by atoms with E-state index in [4.69, 9.17) is 4.74 Å². The molecule has 70 valence electrons. The quantitative estimate of drug-likeness (QED) is 0.489. The van der Waals surface area contributed by atoms with Crippen LogP contribution in [0.25, 0.3) is 0 Å². The van der Waals surface area contributed by atoms with Gasteiger partial charge in [0.05, 0.1) is 0 Å². The fourth-order valence-electron chi connectivity index (χ4n) is 0.604. The van der Waals surface area contributed by atoms with Gasteiger partial charge in [0.1, 0.15) is 6.61 Å². The minimum absolute atomic E-state index is 0.338. The first kappa shape index (κ1) is 11.9. The Morgan fingerprint density at radius 3 is 2.75 bits per heavy atom. The summed E-state index contributed by atoms with van der Waals surface area (Å²) in [7, 11) is 0. The molecule has 0 amide bonds. The first-order chi connectivity index (χ1) is 5.74. The van der Waals surface area contributed by atoms with E-state index < -0.39 is 0 Å². The summed E-state index contributed by atoms with van der Waals surface area (Å²) >= 11 is 3.47. The van der Waals surface area contributed by atoms with E-state index in [0.717, 1.165) is 5.75 Å². The van der Waals surface area contributed by atoms with Crippen molar-refractivity contribution in [1.82, 2.24) is 0 Å². The van der Waals surface area contributed by atoms with Gasteiger partial charge in [-0.25, -0.2) is 4.79 Å². The molecule has 0 radical (unpaired) electrons. The molecular formula is C8H14O2S2. The van der Waals surface area contributed by atoms with Gasteiger partial charge < -0.3 is 4.74 Å². The third-order valence-electron chi connectivity index (χ3n) is 1.26.